The van der Waals surface area contributed by atoms with Gasteiger partial charge in [-0.15, -0.1) is 0 Å². The number of amides is 1. The van der Waals surface area contributed by atoms with Gasteiger partial charge in [-0.25, -0.2) is 4.79 Å². The van der Waals surface area contributed by atoms with Crippen LogP contribution >= 0.6 is 11.8 Å². The van der Waals surface area contributed by atoms with E-state index in [1.807, 2.05) is 0 Å². The van der Waals surface area contributed by atoms with Gasteiger partial charge in [0.25, 0.3) is 0 Å². The summed E-state index contributed by atoms with van der Waals surface area (Å²) in [5.41, 5.74) is 0. The molecule has 100 valence electrons. The number of hydrogen-bond donors (Lipinski definition) is 2. The standard InChI is InChI=1S/C10H19NO4S2/c1-3-16-5-4-6-17(15)7-9(10(13)14)11-8(2)12/h9H,3-7H2,1-2H3,(H,11,12)(H,13,14). The molecule has 0 heterocycles. The van der Waals surface area contributed by atoms with E-state index < -0.39 is 28.7 Å². The fraction of sp³-hybridized carbons (Fsp3) is 0.800. The highest BCUT2D eigenvalue weighted by molar-refractivity contribution is 7.99. The first kappa shape index (κ1) is 16.4. The Labute approximate surface area is 108 Å². The molecule has 17 heavy (non-hydrogen) atoms. The Kier molecular flexibility index (Phi) is 9.16. The van der Waals surface area contributed by atoms with Crippen molar-refractivity contribution in [2.45, 2.75) is 26.3 Å². The van der Waals surface area contributed by atoms with Gasteiger partial charge in [0.05, 0.1) is 5.75 Å². The third-order valence-corrected chi connectivity index (χ3v) is 4.33. The van der Waals surface area contributed by atoms with Gasteiger partial charge in [0.15, 0.2) is 0 Å². The highest BCUT2D eigenvalue weighted by Gasteiger charge is 2.20. The molecule has 2 N–H and O–H groups in total. The summed E-state index contributed by atoms with van der Waals surface area (Å²) in [5.74, 6) is 0.853. The monoisotopic (exact) mass is 281 g/mol. The Morgan fingerprint density at radius 2 is 2.12 bits per heavy atom. The van der Waals surface area contributed by atoms with Crippen molar-refractivity contribution in [1.82, 2.24) is 5.32 Å². The van der Waals surface area contributed by atoms with Crippen LogP contribution in [0.2, 0.25) is 0 Å². The van der Waals surface area contributed by atoms with Gasteiger partial charge in [-0.2, -0.15) is 11.8 Å². The molecule has 1 amide bonds. The van der Waals surface area contributed by atoms with Crippen molar-refractivity contribution in [3.8, 4) is 0 Å². The zero-order valence-electron chi connectivity index (χ0n) is 10.1. The summed E-state index contributed by atoms with van der Waals surface area (Å²) in [4.78, 5) is 21.6. The number of aliphatic carboxylic acids is 1. The van der Waals surface area contributed by atoms with Crippen LogP contribution in [-0.2, 0) is 20.4 Å². The molecule has 0 aliphatic carbocycles. The van der Waals surface area contributed by atoms with Crippen molar-refractivity contribution < 1.29 is 18.9 Å². The molecule has 0 saturated heterocycles. The van der Waals surface area contributed by atoms with Crippen LogP contribution in [0.3, 0.4) is 0 Å². The minimum atomic E-state index is -1.20. The average molecular weight is 281 g/mol. The number of rotatable bonds is 9. The number of carboxylic acid groups (broad SMARTS) is 1. The summed E-state index contributed by atoms with van der Waals surface area (Å²) in [5, 5.41) is 11.1. The fourth-order valence-electron chi connectivity index (χ4n) is 1.16. The number of carbonyl (C=O) groups is 2. The lowest BCUT2D eigenvalue weighted by Crippen LogP contribution is -2.43. The summed E-state index contributed by atoms with van der Waals surface area (Å²) in [6.07, 6.45) is 0.803. The largest absolute Gasteiger partial charge is 0.480 e. The molecule has 2 atom stereocenters. The van der Waals surface area contributed by atoms with Crippen LogP contribution in [0.15, 0.2) is 0 Å². The molecule has 7 heteroatoms. The Bertz CT molecular complexity index is 283. The molecule has 0 aliphatic heterocycles. The summed E-state index contributed by atoms with van der Waals surface area (Å²) >= 11 is 1.77. The summed E-state index contributed by atoms with van der Waals surface area (Å²) in [6, 6.07) is -1.05. The number of hydrogen-bond acceptors (Lipinski definition) is 4. The van der Waals surface area contributed by atoms with Crippen molar-refractivity contribution in [2.75, 3.05) is 23.0 Å². The van der Waals surface area contributed by atoms with E-state index in [1.165, 1.54) is 6.92 Å². The van der Waals surface area contributed by atoms with Gasteiger partial charge in [-0.3, -0.25) is 9.00 Å². The second-order valence-corrected chi connectivity index (χ2v) is 6.47. The predicted octanol–water partition coefficient (Wildman–Crippen LogP) is 0.468. The van der Waals surface area contributed by atoms with E-state index in [4.69, 9.17) is 5.11 Å². The minimum Gasteiger partial charge on any atom is -0.480 e. The first-order valence-electron chi connectivity index (χ1n) is 5.40. The average Bonchev–Trinajstić information content (AvgIpc) is 2.22. The van der Waals surface area contributed by atoms with E-state index in [1.54, 1.807) is 11.8 Å². The lowest BCUT2D eigenvalue weighted by molar-refractivity contribution is -0.140. The molecule has 0 spiro atoms. The van der Waals surface area contributed by atoms with Crippen molar-refractivity contribution >= 4 is 34.4 Å². The smallest absolute Gasteiger partial charge is 0.327 e. The van der Waals surface area contributed by atoms with Crippen molar-refractivity contribution in [2.24, 2.45) is 0 Å². The third kappa shape index (κ3) is 9.17. The normalized spacial score (nSPS) is 14.0. The van der Waals surface area contributed by atoms with E-state index in [2.05, 4.69) is 12.2 Å². The molecule has 0 fully saturated rings. The van der Waals surface area contributed by atoms with Gasteiger partial charge in [-0.1, -0.05) is 6.92 Å². The van der Waals surface area contributed by atoms with Crippen LogP contribution in [-0.4, -0.2) is 50.2 Å². The topological polar surface area (TPSA) is 83.5 Å². The van der Waals surface area contributed by atoms with Gasteiger partial charge >= 0.3 is 5.97 Å². The van der Waals surface area contributed by atoms with Gasteiger partial charge in [-0.05, 0) is 17.9 Å². The number of carboxylic acids is 1. The Morgan fingerprint density at radius 1 is 1.47 bits per heavy atom. The SMILES string of the molecule is CCSCCCS(=O)CC(NC(C)=O)C(=O)O. The van der Waals surface area contributed by atoms with Crippen LogP contribution in [0.4, 0.5) is 0 Å². The maximum absolute atomic E-state index is 11.6. The van der Waals surface area contributed by atoms with Crippen LogP contribution in [0, 0.1) is 0 Å². The lowest BCUT2D eigenvalue weighted by atomic mass is 10.3. The second kappa shape index (κ2) is 9.47. The summed E-state index contributed by atoms with van der Waals surface area (Å²) < 4.78 is 11.6. The van der Waals surface area contributed by atoms with E-state index in [0.717, 1.165) is 17.9 Å². The van der Waals surface area contributed by atoms with E-state index in [9.17, 15) is 13.8 Å². The number of thioether (sulfide) groups is 1. The maximum atomic E-state index is 11.6. The molecular weight excluding hydrogens is 262 g/mol. The molecular formula is C10H19NO4S2. The van der Waals surface area contributed by atoms with E-state index in [0.29, 0.717) is 5.75 Å². The second-order valence-electron chi connectivity index (χ2n) is 3.45. The van der Waals surface area contributed by atoms with E-state index >= 15 is 0 Å². The Hall–Kier alpha value is -0.560. The molecule has 5 nitrogen and oxygen atoms in total. The molecule has 0 bridgehead atoms. The zero-order chi connectivity index (χ0) is 13.3. The Balaban J connectivity index is 3.96. The quantitative estimate of drug-likeness (QED) is 0.600. The van der Waals surface area contributed by atoms with Crippen LogP contribution in [0.5, 0.6) is 0 Å². The van der Waals surface area contributed by atoms with Gasteiger partial charge < -0.3 is 10.4 Å². The van der Waals surface area contributed by atoms with Crippen molar-refractivity contribution in [1.29, 1.82) is 0 Å². The summed E-state index contributed by atoms with van der Waals surface area (Å²) in [6.45, 7) is 3.30. The van der Waals surface area contributed by atoms with Crippen molar-refractivity contribution in [3.05, 3.63) is 0 Å². The van der Waals surface area contributed by atoms with E-state index in [-0.39, 0.29) is 5.75 Å². The minimum absolute atomic E-state index is 0.0221. The molecule has 0 aromatic heterocycles. The van der Waals surface area contributed by atoms with Crippen LogP contribution in [0.25, 0.3) is 0 Å². The number of carbonyl (C=O) groups excluding carboxylic acids is 1. The van der Waals surface area contributed by atoms with Gasteiger partial charge in [0.2, 0.25) is 5.91 Å². The Morgan fingerprint density at radius 3 is 2.59 bits per heavy atom. The first-order chi connectivity index (χ1) is 7.97. The van der Waals surface area contributed by atoms with Crippen LogP contribution in [0.1, 0.15) is 20.3 Å². The molecule has 0 aromatic rings. The first-order valence-corrected chi connectivity index (χ1v) is 8.04. The zero-order valence-corrected chi connectivity index (χ0v) is 11.7. The highest BCUT2D eigenvalue weighted by atomic mass is 32.2. The molecule has 0 rings (SSSR count). The summed E-state index contributed by atoms with van der Waals surface area (Å²) in [7, 11) is -1.20. The molecule has 0 aliphatic rings. The highest BCUT2D eigenvalue weighted by Crippen LogP contribution is 2.02. The molecule has 0 radical (unpaired) electrons. The fourth-order valence-corrected chi connectivity index (χ4v) is 3.21. The van der Waals surface area contributed by atoms with Gasteiger partial charge in [0.1, 0.15) is 6.04 Å². The third-order valence-electron chi connectivity index (χ3n) is 1.89. The van der Waals surface area contributed by atoms with Gasteiger partial charge in [0, 0.05) is 23.5 Å². The molecule has 0 aromatic carbocycles. The van der Waals surface area contributed by atoms with Crippen molar-refractivity contribution in [3.63, 3.8) is 0 Å². The predicted molar refractivity (Wildman–Crippen MR) is 70.7 cm³/mol. The molecule has 0 saturated carbocycles. The number of nitrogens with one attached hydrogen (secondary N) is 1. The lowest BCUT2D eigenvalue weighted by Gasteiger charge is -2.12. The molecule has 2 unspecified atom stereocenters. The van der Waals surface area contributed by atoms with Crippen LogP contribution < -0.4 is 5.32 Å². The maximum Gasteiger partial charge on any atom is 0.327 e.